The summed E-state index contributed by atoms with van der Waals surface area (Å²) >= 11 is 5.51. The number of halogens is 6. The summed E-state index contributed by atoms with van der Waals surface area (Å²) < 4.78 is 64.2. The third kappa shape index (κ3) is 1.93. The maximum absolute atomic E-state index is 13.3. The molecule has 0 unspecified atom stereocenters. The zero-order valence-electron chi connectivity index (χ0n) is 7.95. The van der Waals surface area contributed by atoms with Crippen LogP contribution >= 0.6 is 11.6 Å². The fourth-order valence-electron chi connectivity index (χ4n) is 1.39. The summed E-state index contributed by atoms with van der Waals surface area (Å²) in [4.78, 5) is 3.22. The van der Waals surface area contributed by atoms with Gasteiger partial charge in [-0.1, -0.05) is 11.6 Å². The minimum absolute atomic E-state index is 0.232. The average molecular weight is 268 g/mol. The van der Waals surface area contributed by atoms with Gasteiger partial charge in [-0.25, -0.2) is 26.9 Å². The summed E-state index contributed by atoms with van der Waals surface area (Å²) in [6, 6.07) is 0.909. The van der Waals surface area contributed by atoms with E-state index in [1.54, 1.807) is 0 Å². The van der Waals surface area contributed by atoms with E-state index in [0.717, 1.165) is 0 Å². The van der Waals surface area contributed by atoms with Crippen molar-refractivity contribution in [2.24, 2.45) is 0 Å². The molecule has 0 N–H and O–H groups in total. The molecule has 1 aromatic heterocycles. The fraction of sp³-hybridized carbons (Fsp3) is 0.100. The van der Waals surface area contributed by atoms with Gasteiger partial charge in [0.05, 0.1) is 10.4 Å². The Kier molecular flexibility index (Phi) is 2.91. The van der Waals surface area contributed by atoms with Crippen molar-refractivity contribution < 1.29 is 22.0 Å². The highest BCUT2D eigenvalue weighted by Crippen LogP contribution is 2.31. The lowest BCUT2D eigenvalue weighted by molar-refractivity contribution is 0.146. The standard InChI is InChI=1S/C10H3ClF5N/c11-3-1-6(10(15)16)17-9-5(13)2-4(12)8(14)7(3)9/h1-2,10H. The molecule has 17 heavy (non-hydrogen) atoms. The highest BCUT2D eigenvalue weighted by Gasteiger charge is 2.20. The predicted octanol–water partition coefficient (Wildman–Crippen LogP) is 4.24. The van der Waals surface area contributed by atoms with Crippen molar-refractivity contribution >= 4 is 22.5 Å². The largest absolute Gasteiger partial charge is 0.280 e. The van der Waals surface area contributed by atoms with Gasteiger partial charge in [0.2, 0.25) is 0 Å². The average Bonchev–Trinajstić information content (AvgIpc) is 2.25. The molecule has 1 heterocycles. The number of pyridine rings is 1. The van der Waals surface area contributed by atoms with Crippen molar-refractivity contribution in [3.63, 3.8) is 0 Å². The number of aromatic nitrogens is 1. The lowest BCUT2D eigenvalue weighted by Gasteiger charge is -2.07. The van der Waals surface area contributed by atoms with Crippen molar-refractivity contribution in [2.75, 3.05) is 0 Å². The quantitative estimate of drug-likeness (QED) is 0.556. The first-order chi connectivity index (χ1) is 7.91. The van der Waals surface area contributed by atoms with Gasteiger partial charge in [0.1, 0.15) is 11.2 Å². The van der Waals surface area contributed by atoms with Crippen LogP contribution in [0.5, 0.6) is 0 Å². The third-order valence-electron chi connectivity index (χ3n) is 2.12. The topological polar surface area (TPSA) is 12.9 Å². The summed E-state index contributed by atoms with van der Waals surface area (Å²) in [5.74, 6) is -4.12. The summed E-state index contributed by atoms with van der Waals surface area (Å²) in [5, 5.41) is -1.16. The first-order valence-electron chi connectivity index (χ1n) is 4.33. The van der Waals surface area contributed by atoms with Gasteiger partial charge < -0.3 is 0 Å². The Bertz CT molecular complexity index is 599. The Morgan fingerprint density at radius 3 is 2.29 bits per heavy atom. The lowest BCUT2D eigenvalue weighted by Crippen LogP contribution is -1.98. The van der Waals surface area contributed by atoms with Crippen molar-refractivity contribution in [3.05, 3.63) is 40.3 Å². The van der Waals surface area contributed by atoms with E-state index in [-0.39, 0.29) is 6.07 Å². The molecule has 0 saturated carbocycles. The van der Waals surface area contributed by atoms with Crippen LogP contribution in [0.25, 0.3) is 10.9 Å². The number of hydrogen-bond acceptors (Lipinski definition) is 1. The zero-order chi connectivity index (χ0) is 12.7. The Morgan fingerprint density at radius 2 is 1.71 bits per heavy atom. The predicted molar refractivity (Wildman–Crippen MR) is 51.6 cm³/mol. The maximum atomic E-state index is 13.3. The number of alkyl halides is 2. The van der Waals surface area contributed by atoms with E-state index in [4.69, 9.17) is 11.6 Å². The Labute approximate surface area is 96.8 Å². The van der Waals surface area contributed by atoms with Crippen LogP contribution in [0.15, 0.2) is 12.1 Å². The van der Waals surface area contributed by atoms with Gasteiger partial charge in [-0.05, 0) is 6.07 Å². The number of nitrogens with zero attached hydrogens (tertiary/aromatic N) is 1. The molecule has 0 aliphatic heterocycles. The minimum Gasteiger partial charge on any atom is -0.244 e. The molecule has 0 radical (unpaired) electrons. The number of hydrogen-bond donors (Lipinski definition) is 0. The minimum atomic E-state index is -2.98. The summed E-state index contributed by atoms with van der Waals surface area (Å²) in [6.07, 6.45) is -2.98. The first kappa shape index (κ1) is 12.0. The molecule has 0 fully saturated rings. The molecular weight excluding hydrogens is 265 g/mol. The number of fused-ring (bicyclic) bond motifs is 1. The zero-order valence-corrected chi connectivity index (χ0v) is 8.70. The molecule has 0 aliphatic rings. The SMILES string of the molecule is Fc1cc(F)c2nc(C(F)F)cc(Cl)c2c1F. The molecule has 7 heteroatoms. The van der Waals surface area contributed by atoms with Gasteiger partial charge >= 0.3 is 0 Å². The normalized spacial score (nSPS) is 11.5. The Morgan fingerprint density at radius 1 is 1.06 bits per heavy atom. The molecule has 1 aromatic carbocycles. The van der Waals surface area contributed by atoms with Gasteiger partial charge in [0.25, 0.3) is 6.43 Å². The van der Waals surface area contributed by atoms with Crippen LogP contribution in [0.1, 0.15) is 12.1 Å². The molecule has 2 rings (SSSR count). The van der Waals surface area contributed by atoms with E-state index in [9.17, 15) is 22.0 Å². The van der Waals surface area contributed by atoms with Crippen molar-refractivity contribution in [3.8, 4) is 0 Å². The third-order valence-corrected chi connectivity index (χ3v) is 2.42. The first-order valence-corrected chi connectivity index (χ1v) is 4.71. The van der Waals surface area contributed by atoms with E-state index in [1.807, 2.05) is 0 Å². The molecule has 0 atom stereocenters. The lowest BCUT2D eigenvalue weighted by atomic mass is 10.1. The second-order valence-corrected chi connectivity index (χ2v) is 3.61. The van der Waals surface area contributed by atoms with Gasteiger partial charge in [-0.2, -0.15) is 0 Å². The summed E-state index contributed by atoms with van der Waals surface area (Å²) in [6.45, 7) is 0. The molecule has 0 amide bonds. The molecular formula is C10H3ClF5N. The van der Waals surface area contributed by atoms with Crippen LogP contribution in [0, 0.1) is 17.5 Å². The highest BCUT2D eigenvalue weighted by molar-refractivity contribution is 6.35. The van der Waals surface area contributed by atoms with E-state index >= 15 is 0 Å². The molecule has 0 spiro atoms. The number of benzene rings is 1. The maximum Gasteiger partial charge on any atom is 0.280 e. The van der Waals surface area contributed by atoms with Gasteiger partial charge in [0.15, 0.2) is 17.5 Å². The molecule has 90 valence electrons. The fourth-order valence-corrected chi connectivity index (χ4v) is 1.67. The monoisotopic (exact) mass is 267 g/mol. The van der Waals surface area contributed by atoms with Crippen LogP contribution in [0.4, 0.5) is 22.0 Å². The Balaban J connectivity index is 2.90. The summed E-state index contributed by atoms with van der Waals surface area (Å²) in [5.41, 5.74) is -1.51. The van der Waals surface area contributed by atoms with Crippen molar-refractivity contribution in [1.82, 2.24) is 4.98 Å². The van der Waals surface area contributed by atoms with Gasteiger partial charge in [0, 0.05) is 6.07 Å². The second kappa shape index (κ2) is 4.10. The van der Waals surface area contributed by atoms with E-state index < -0.39 is 45.5 Å². The van der Waals surface area contributed by atoms with Crippen LogP contribution in [-0.4, -0.2) is 4.98 Å². The highest BCUT2D eigenvalue weighted by atomic mass is 35.5. The van der Waals surface area contributed by atoms with Crippen molar-refractivity contribution in [1.29, 1.82) is 0 Å². The van der Waals surface area contributed by atoms with E-state index in [0.29, 0.717) is 6.07 Å². The molecule has 0 bridgehead atoms. The Hall–Kier alpha value is -1.43. The molecule has 1 nitrogen and oxygen atoms in total. The molecule has 0 saturated heterocycles. The van der Waals surface area contributed by atoms with E-state index in [2.05, 4.69) is 4.98 Å². The number of rotatable bonds is 1. The molecule has 2 aromatic rings. The van der Waals surface area contributed by atoms with E-state index in [1.165, 1.54) is 0 Å². The van der Waals surface area contributed by atoms with Gasteiger partial charge in [-0.15, -0.1) is 0 Å². The van der Waals surface area contributed by atoms with Crippen LogP contribution in [0.2, 0.25) is 5.02 Å². The van der Waals surface area contributed by atoms with Crippen LogP contribution in [0.3, 0.4) is 0 Å². The van der Waals surface area contributed by atoms with Gasteiger partial charge in [-0.3, -0.25) is 0 Å². The second-order valence-electron chi connectivity index (χ2n) is 3.21. The van der Waals surface area contributed by atoms with Crippen molar-refractivity contribution in [2.45, 2.75) is 6.43 Å². The summed E-state index contributed by atoms with van der Waals surface area (Å²) in [7, 11) is 0. The molecule has 0 aliphatic carbocycles. The van der Waals surface area contributed by atoms with Crippen LogP contribution < -0.4 is 0 Å². The van der Waals surface area contributed by atoms with Crippen LogP contribution in [-0.2, 0) is 0 Å². The smallest absolute Gasteiger partial charge is 0.244 e.